The summed E-state index contributed by atoms with van der Waals surface area (Å²) in [4.78, 5) is 2.31. The van der Waals surface area contributed by atoms with Gasteiger partial charge in [0.25, 0.3) is 0 Å². The van der Waals surface area contributed by atoms with Gasteiger partial charge in [0.05, 0.1) is 0 Å². The third-order valence-corrected chi connectivity index (χ3v) is 5.25. The van der Waals surface area contributed by atoms with Gasteiger partial charge in [-0.05, 0) is 56.1 Å². The number of rotatable bonds is 4. The molecular formula is C17H25N3. The zero-order valence-corrected chi connectivity index (χ0v) is 12.5. The molecule has 0 aliphatic heterocycles. The Bertz CT molecular complexity index is 523. The Hall–Kier alpha value is -1.51. The van der Waals surface area contributed by atoms with E-state index in [4.69, 9.17) is 11.1 Å². The predicted molar refractivity (Wildman–Crippen MR) is 84.4 cm³/mol. The first-order chi connectivity index (χ1) is 9.54. The molecule has 2 aliphatic carbocycles. The highest BCUT2D eigenvalue weighted by Crippen LogP contribution is 2.48. The number of nitrogens with one attached hydrogen (secondary N) is 1. The van der Waals surface area contributed by atoms with E-state index in [0.717, 1.165) is 41.1 Å². The highest BCUT2D eigenvalue weighted by Gasteiger charge is 2.39. The van der Waals surface area contributed by atoms with E-state index in [1.807, 2.05) is 13.0 Å². The first kappa shape index (κ1) is 13.5. The molecule has 3 nitrogen and oxygen atoms in total. The molecule has 3 atom stereocenters. The highest BCUT2D eigenvalue weighted by molar-refractivity contribution is 6.00. The van der Waals surface area contributed by atoms with Crippen molar-refractivity contribution in [1.82, 2.24) is 0 Å². The largest absolute Gasteiger partial charge is 0.384 e. The maximum Gasteiger partial charge on any atom is 0.124 e. The van der Waals surface area contributed by atoms with Crippen molar-refractivity contribution in [3.05, 3.63) is 29.3 Å². The Balaban J connectivity index is 1.77. The van der Waals surface area contributed by atoms with Gasteiger partial charge in [0.2, 0.25) is 0 Å². The van der Waals surface area contributed by atoms with Crippen LogP contribution in [-0.2, 0) is 0 Å². The summed E-state index contributed by atoms with van der Waals surface area (Å²) in [5.74, 6) is 2.93. The summed E-state index contributed by atoms with van der Waals surface area (Å²) in [6.45, 7) is 3.15. The van der Waals surface area contributed by atoms with Crippen LogP contribution in [0.3, 0.4) is 0 Å². The van der Waals surface area contributed by atoms with E-state index in [9.17, 15) is 0 Å². The van der Waals surface area contributed by atoms with E-state index in [2.05, 4.69) is 24.1 Å². The molecule has 0 heterocycles. The summed E-state index contributed by atoms with van der Waals surface area (Å²) in [5, 5.41) is 7.78. The van der Waals surface area contributed by atoms with Gasteiger partial charge in [-0.1, -0.05) is 18.1 Å². The average Bonchev–Trinajstić information content (AvgIpc) is 3.00. The van der Waals surface area contributed by atoms with E-state index >= 15 is 0 Å². The lowest BCUT2D eigenvalue weighted by atomic mass is 9.88. The molecule has 1 aromatic carbocycles. The van der Waals surface area contributed by atoms with Gasteiger partial charge < -0.3 is 10.6 Å². The first-order valence-electron chi connectivity index (χ1n) is 7.70. The number of anilines is 1. The van der Waals surface area contributed by atoms with Crippen molar-refractivity contribution in [2.75, 3.05) is 18.5 Å². The van der Waals surface area contributed by atoms with Gasteiger partial charge >= 0.3 is 0 Å². The molecule has 2 fully saturated rings. The molecule has 0 saturated heterocycles. The van der Waals surface area contributed by atoms with Crippen molar-refractivity contribution in [1.29, 1.82) is 5.41 Å². The number of hydrogen-bond acceptors (Lipinski definition) is 2. The van der Waals surface area contributed by atoms with Crippen LogP contribution in [-0.4, -0.2) is 19.4 Å². The molecule has 3 unspecified atom stereocenters. The minimum Gasteiger partial charge on any atom is -0.384 e. The molecule has 0 amide bonds. The van der Waals surface area contributed by atoms with Crippen LogP contribution in [0.15, 0.2) is 18.2 Å². The van der Waals surface area contributed by atoms with Gasteiger partial charge in [-0.25, -0.2) is 0 Å². The lowest BCUT2D eigenvalue weighted by molar-refractivity contribution is 0.337. The number of nitrogens with zero attached hydrogens (tertiary/aromatic N) is 1. The molecule has 2 aliphatic rings. The fourth-order valence-electron chi connectivity index (χ4n) is 4.25. The highest BCUT2D eigenvalue weighted by atomic mass is 15.1. The van der Waals surface area contributed by atoms with E-state index < -0.39 is 0 Å². The van der Waals surface area contributed by atoms with E-state index in [0.29, 0.717) is 0 Å². The molecule has 20 heavy (non-hydrogen) atoms. The minimum atomic E-state index is 0.170. The molecule has 3 heteroatoms. The molecular weight excluding hydrogens is 246 g/mol. The monoisotopic (exact) mass is 271 g/mol. The van der Waals surface area contributed by atoms with Crippen LogP contribution in [0, 0.1) is 30.1 Å². The lowest BCUT2D eigenvalue weighted by Gasteiger charge is -2.30. The van der Waals surface area contributed by atoms with Gasteiger partial charge in [-0.2, -0.15) is 0 Å². The molecule has 2 bridgehead atoms. The van der Waals surface area contributed by atoms with Crippen molar-refractivity contribution >= 4 is 11.5 Å². The van der Waals surface area contributed by atoms with E-state index in [-0.39, 0.29) is 5.84 Å². The number of nitrogen functional groups attached to an aromatic ring is 1. The van der Waals surface area contributed by atoms with Crippen LogP contribution in [0.25, 0.3) is 0 Å². The Morgan fingerprint density at radius 1 is 1.35 bits per heavy atom. The van der Waals surface area contributed by atoms with E-state index in [1.54, 1.807) is 0 Å². The second-order valence-electron chi connectivity index (χ2n) is 6.75. The molecule has 3 N–H and O–H groups in total. The Morgan fingerprint density at radius 3 is 2.75 bits per heavy atom. The maximum absolute atomic E-state index is 7.78. The zero-order valence-electron chi connectivity index (χ0n) is 12.5. The maximum atomic E-state index is 7.78. The van der Waals surface area contributed by atoms with Crippen molar-refractivity contribution < 1.29 is 0 Å². The van der Waals surface area contributed by atoms with Gasteiger partial charge in [0, 0.05) is 24.8 Å². The molecule has 0 radical (unpaired) electrons. The van der Waals surface area contributed by atoms with E-state index in [1.165, 1.54) is 25.7 Å². The third-order valence-electron chi connectivity index (χ3n) is 5.25. The second-order valence-corrected chi connectivity index (χ2v) is 6.75. The van der Waals surface area contributed by atoms with Crippen LogP contribution in [0.4, 0.5) is 5.69 Å². The van der Waals surface area contributed by atoms with Gasteiger partial charge in [-0.15, -0.1) is 0 Å². The second kappa shape index (κ2) is 5.12. The number of fused-ring (bicyclic) bond motifs is 2. The summed E-state index contributed by atoms with van der Waals surface area (Å²) < 4.78 is 0. The van der Waals surface area contributed by atoms with Crippen molar-refractivity contribution in [3.8, 4) is 0 Å². The standard InChI is InChI=1S/C17H25N3/c1-11-3-6-16(15(7-11)17(18)19)20(2)10-14-9-12-4-5-13(14)8-12/h3,6-7,12-14H,4-5,8-10H2,1-2H3,(H3,18,19). The molecule has 2 saturated carbocycles. The zero-order chi connectivity index (χ0) is 14.3. The first-order valence-corrected chi connectivity index (χ1v) is 7.70. The Kier molecular flexibility index (Phi) is 3.45. The van der Waals surface area contributed by atoms with Gasteiger partial charge in [-0.3, -0.25) is 5.41 Å². The fourth-order valence-corrected chi connectivity index (χ4v) is 4.25. The summed E-state index contributed by atoms with van der Waals surface area (Å²) in [6, 6.07) is 6.24. The summed E-state index contributed by atoms with van der Waals surface area (Å²) in [5.41, 5.74) is 8.88. The Morgan fingerprint density at radius 2 is 2.15 bits per heavy atom. The predicted octanol–water partition coefficient (Wildman–Crippen LogP) is 3.15. The smallest absolute Gasteiger partial charge is 0.124 e. The lowest BCUT2D eigenvalue weighted by Crippen LogP contribution is -2.30. The normalized spacial score (nSPS) is 27.8. The fraction of sp³-hybridized carbons (Fsp3) is 0.588. The number of nitrogens with two attached hydrogens (primary N) is 1. The van der Waals surface area contributed by atoms with Crippen molar-refractivity contribution in [3.63, 3.8) is 0 Å². The molecule has 3 rings (SSSR count). The molecule has 0 spiro atoms. The number of hydrogen-bond donors (Lipinski definition) is 2. The number of amidine groups is 1. The van der Waals surface area contributed by atoms with Crippen LogP contribution in [0.2, 0.25) is 0 Å². The number of benzene rings is 1. The van der Waals surface area contributed by atoms with Gasteiger partial charge in [0.1, 0.15) is 5.84 Å². The summed E-state index contributed by atoms with van der Waals surface area (Å²) in [6.07, 6.45) is 5.73. The van der Waals surface area contributed by atoms with Crippen LogP contribution in [0.5, 0.6) is 0 Å². The quantitative estimate of drug-likeness (QED) is 0.653. The molecule has 108 valence electrons. The van der Waals surface area contributed by atoms with Crippen molar-refractivity contribution in [2.45, 2.75) is 32.6 Å². The van der Waals surface area contributed by atoms with Crippen LogP contribution < -0.4 is 10.6 Å². The minimum absolute atomic E-state index is 0.170. The SMILES string of the molecule is Cc1ccc(N(C)CC2CC3CCC2C3)c(C(=N)N)c1. The Labute approximate surface area is 121 Å². The van der Waals surface area contributed by atoms with Crippen molar-refractivity contribution in [2.24, 2.45) is 23.5 Å². The van der Waals surface area contributed by atoms with Crippen LogP contribution >= 0.6 is 0 Å². The van der Waals surface area contributed by atoms with Gasteiger partial charge in [0.15, 0.2) is 0 Å². The van der Waals surface area contributed by atoms with Crippen LogP contribution in [0.1, 0.15) is 36.8 Å². The average molecular weight is 271 g/mol. The molecule has 0 aromatic heterocycles. The topological polar surface area (TPSA) is 53.1 Å². The summed E-state index contributed by atoms with van der Waals surface area (Å²) >= 11 is 0. The summed E-state index contributed by atoms with van der Waals surface area (Å²) in [7, 11) is 2.14. The molecule has 1 aromatic rings. The third kappa shape index (κ3) is 2.41. The number of aryl methyl sites for hydroxylation is 1.